The second kappa shape index (κ2) is 10.9. The summed E-state index contributed by atoms with van der Waals surface area (Å²) in [7, 11) is 1.66. The fourth-order valence-electron chi connectivity index (χ4n) is 1.83. The van der Waals surface area contributed by atoms with E-state index in [1.54, 1.807) is 13.2 Å². The molecule has 0 radical (unpaired) electrons. The minimum absolute atomic E-state index is 0.0728. The average Bonchev–Trinajstić information content (AvgIpc) is 2.46. The lowest BCUT2D eigenvalue weighted by molar-refractivity contribution is -0.121. The summed E-state index contributed by atoms with van der Waals surface area (Å²) >= 11 is 11.8. The van der Waals surface area contributed by atoms with Gasteiger partial charge in [0.05, 0.1) is 16.7 Å². The van der Waals surface area contributed by atoms with Gasteiger partial charge >= 0.3 is 0 Å². The molecule has 2 N–H and O–H groups in total. The van der Waals surface area contributed by atoms with Gasteiger partial charge in [0, 0.05) is 33.2 Å². The molecule has 0 aliphatic heterocycles. The van der Waals surface area contributed by atoms with Crippen LogP contribution in [0.4, 0.5) is 0 Å². The standard InChI is InChI=1S/C15H22Cl2N2O2/c1-21-10-9-18-7-8-19-15(20)4-2-3-12-5-6-13(16)14(17)11-12/h5-6,11,18H,2-4,7-10H2,1H3,(H,19,20). The Balaban J connectivity index is 2.09. The molecule has 4 nitrogen and oxygen atoms in total. The Hall–Kier alpha value is -0.810. The van der Waals surface area contributed by atoms with Crippen molar-refractivity contribution in [1.82, 2.24) is 10.6 Å². The van der Waals surface area contributed by atoms with Gasteiger partial charge in [-0.25, -0.2) is 0 Å². The smallest absolute Gasteiger partial charge is 0.220 e. The summed E-state index contributed by atoms with van der Waals surface area (Å²) in [6.07, 6.45) is 2.12. The second-order valence-corrected chi connectivity index (χ2v) is 5.51. The highest BCUT2D eigenvalue weighted by Crippen LogP contribution is 2.23. The molecule has 0 aliphatic rings. The molecule has 118 valence electrons. The Bertz CT molecular complexity index is 442. The summed E-state index contributed by atoms with van der Waals surface area (Å²) in [5.74, 6) is 0.0728. The summed E-state index contributed by atoms with van der Waals surface area (Å²) < 4.78 is 4.91. The molecule has 0 spiro atoms. The van der Waals surface area contributed by atoms with Crippen LogP contribution in [0.3, 0.4) is 0 Å². The van der Waals surface area contributed by atoms with Crippen LogP contribution in [-0.4, -0.2) is 39.3 Å². The maximum atomic E-state index is 11.6. The largest absolute Gasteiger partial charge is 0.383 e. The van der Waals surface area contributed by atoms with Crippen molar-refractivity contribution in [3.8, 4) is 0 Å². The SMILES string of the molecule is COCCNCCNC(=O)CCCc1ccc(Cl)c(Cl)c1. The lowest BCUT2D eigenvalue weighted by Gasteiger charge is -2.07. The van der Waals surface area contributed by atoms with E-state index >= 15 is 0 Å². The van der Waals surface area contributed by atoms with Crippen molar-refractivity contribution in [1.29, 1.82) is 0 Å². The average molecular weight is 333 g/mol. The topological polar surface area (TPSA) is 50.4 Å². The van der Waals surface area contributed by atoms with Gasteiger partial charge in [-0.05, 0) is 30.5 Å². The molecular formula is C15H22Cl2N2O2. The summed E-state index contributed by atoms with van der Waals surface area (Å²) in [5, 5.41) is 7.16. The molecule has 0 atom stereocenters. The van der Waals surface area contributed by atoms with E-state index in [9.17, 15) is 4.79 Å². The van der Waals surface area contributed by atoms with E-state index < -0.39 is 0 Å². The van der Waals surface area contributed by atoms with Crippen molar-refractivity contribution in [2.24, 2.45) is 0 Å². The number of nitrogens with one attached hydrogen (secondary N) is 2. The third-order valence-corrected chi connectivity index (χ3v) is 3.70. The second-order valence-electron chi connectivity index (χ2n) is 4.69. The normalized spacial score (nSPS) is 10.6. The molecule has 0 fully saturated rings. The highest BCUT2D eigenvalue weighted by molar-refractivity contribution is 6.42. The molecule has 0 saturated carbocycles. The predicted octanol–water partition coefficient (Wildman–Crippen LogP) is 2.67. The zero-order valence-electron chi connectivity index (χ0n) is 12.3. The van der Waals surface area contributed by atoms with Crippen molar-refractivity contribution in [2.45, 2.75) is 19.3 Å². The summed E-state index contributed by atoms with van der Waals surface area (Å²) in [6.45, 7) is 2.86. The Morgan fingerprint density at radius 1 is 1.19 bits per heavy atom. The number of aryl methyl sites for hydroxylation is 1. The predicted molar refractivity (Wildman–Crippen MR) is 87.2 cm³/mol. The molecule has 0 saturated heterocycles. The van der Waals surface area contributed by atoms with Crippen LogP contribution in [0.2, 0.25) is 10.0 Å². The molecule has 0 aromatic heterocycles. The summed E-state index contributed by atoms with van der Waals surface area (Å²) in [6, 6.07) is 5.57. The maximum absolute atomic E-state index is 11.6. The van der Waals surface area contributed by atoms with E-state index in [1.165, 1.54) is 0 Å². The number of methoxy groups -OCH3 is 1. The van der Waals surface area contributed by atoms with E-state index in [0.717, 1.165) is 31.5 Å². The minimum atomic E-state index is 0.0728. The molecule has 0 bridgehead atoms. The highest BCUT2D eigenvalue weighted by atomic mass is 35.5. The molecule has 1 aromatic carbocycles. The van der Waals surface area contributed by atoms with Crippen molar-refractivity contribution in [3.05, 3.63) is 33.8 Å². The fraction of sp³-hybridized carbons (Fsp3) is 0.533. The van der Waals surface area contributed by atoms with Crippen LogP contribution in [0.5, 0.6) is 0 Å². The molecule has 6 heteroatoms. The van der Waals surface area contributed by atoms with Crippen LogP contribution in [0.1, 0.15) is 18.4 Å². The molecule has 1 rings (SSSR count). The van der Waals surface area contributed by atoms with Gasteiger partial charge in [0.25, 0.3) is 0 Å². The number of carbonyl (C=O) groups excluding carboxylic acids is 1. The Labute approximate surface area is 136 Å². The van der Waals surface area contributed by atoms with Gasteiger partial charge in [-0.3, -0.25) is 4.79 Å². The van der Waals surface area contributed by atoms with Crippen LogP contribution in [0.25, 0.3) is 0 Å². The Morgan fingerprint density at radius 2 is 2.00 bits per heavy atom. The van der Waals surface area contributed by atoms with Crippen LogP contribution in [0.15, 0.2) is 18.2 Å². The first kappa shape index (κ1) is 18.2. The number of carbonyl (C=O) groups is 1. The van der Waals surface area contributed by atoms with Gasteiger partial charge < -0.3 is 15.4 Å². The quantitative estimate of drug-likeness (QED) is 0.647. The minimum Gasteiger partial charge on any atom is -0.383 e. The Kier molecular flexibility index (Phi) is 9.42. The van der Waals surface area contributed by atoms with Crippen LogP contribution < -0.4 is 10.6 Å². The Morgan fingerprint density at radius 3 is 2.71 bits per heavy atom. The molecule has 0 aliphatic carbocycles. The first-order valence-corrected chi connectivity index (χ1v) is 7.79. The zero-order valence-corrected chi connectivity index (χ0v) is 13.8. The van der Waals surface area contributed by atoms with Gasteiger partial charge in [-0.2, -0.15) is 0 Å². The molecule has 21 heavy (non-hydrogen) atoms. The lowest BCUT2D eigenvalue weighted by atomic mass is 10.1. The first-order chi connectivity index (χ1) is 10.1. The van der Waals surface area contributed by atoms with Gasteiger partial charge in [-0.1, -0.05) is 29.3 Å². The van der Waals surface area contributed by atoms with Crippen LogP contribution in [-0.2, 0) is 16.0 Å². The van der Waals surface area contributed by atoms with E-state index in [4.69, 9.17) is 27.9 Å². The maximum Gasteiger partial charge on any atom is 0.220 e. The van der Waals surface area contributed by atoms with E-state index in [1.807, 2.05) is 12.1 Å². The zero-order chi connectivity index (χ0) is 15.5. The molecule has 0 unspecified atom stereocenters. The summed E-state index contributed by atoms with van der Waals surface area (Å²) in [5.41, 5.74) is 1.10. The molecule has 1 aromatic rings. The van der Waals surface area contributed by atoms with Crippen LogP contribution in [0, 0.1) is 0 Å². The number of benzene rings is 1. The van der Waals surface area contributed by atoms with Gasteiger partial charge in [-0.15, -0.1) is 0 Å². The van der Waals surface area contributed by atoms with E-state index in [-0.39, 0.29) is 5.91 Å². The highest BCUT2D eigenvalue weighted by Gasteiger charge is 2.03. The number of ether oxygens (including phenoxy) is 1. The van der Waals surface area contributed by atoms with Gasteiger partial charge in [0.15, 0.2) is 0 Å². The van der Waals surface area contributed by atoms with Gasteiger partial charge in [0.1, 0.15) is 0 Å². The van der Waals surface area contributed by atoms with Crippen LogP contribution >= 0.6 is 23.2 Å². The fourth-order valence-corrected chi connectivity index (χ4v) is 2.15. The number of amides is 1. The third-order valence-electron chi connectivity index (χ3n) is 2.96. The van der Waals surface area contributed by atoms with Crippen molar-refractivity contribution in [2.75, 3.05) is 33.4 Å². The first-order valence-electron chi connectivity index (χ1n) is 7.03. The van der Waals surface area contributed by atoms with E-state index in [0.29, 0.717) is 29.6 Å². The monoisotopic (exact) mass is 332 g/mol. The molecular weight excluding hydrogens is 311 g/mol. The van der Waals surface area contributed by atoms with Crippen molar-refractivity contribution >= 4 is 29.1 Å². The summed E-state index contributed by atoms with van der Waals surface area (Å²) in [4.78, 5) is 11.6. The lowest BCUT2D eigenvalue weighted by Crippen LogP contribution is -2.32. The number of hydrogen-bond acceptors (Lipinski definition) is 3. The molecule has 0 heterocycles. The number of halogens is 2. The third kappa shape index (κ3) is 8.27. The van der Waals surface area contributed by atoms with Crippen molar-refractivity contribution < 1.29 is 9.53 Å². The van der Waals surface area contributed by atoms with Crippen molar-refractivity contribution in [3.63, 3.8) is 0 Å². The number of hydrogen-bond donors (Lipinski definition) is 2. The van der Waals surface area contributed by atoms with Gasteiger partial charge in [0.2, 0.25) is 5.91 Å². The number of rotatable bonds is 10. The van der Waals surface area contributed by atoms with E-state index in [2.05, 4.69) is 10.6 Å². The molecule has 1 amide bonds.